The van der Waals surface area contributed by atoms with Gasteiger partial charge in [0.25, 0.3) is 0 Å². The molecule has 1 unspecified atom stereocenters. The molecule has 1 nitrogen and oxygen atoms in total. The van der Waals surface area contributed by atoms with Crippen LogP contribution in [0.15, 0.2) is 36.4 Å². The molecular formula is C14H11ClF3N. The minimum Gasteiger partial charge on any atom is -0.318 e. The van der Waals surface area contributed by atoms with Gasteiger partial charge < -0.3 is 5.73 Å². The minimum absolute atomic E-state index is 0.153. The van der Waals surface area contributed by atoms with Crippen molar-refractivity contribution in [3.63, 3.8) is 0 Å². The highest BCUT2D eigenvalue weighted by atomic mass is 35.5. The Bertz CT molecular complexity index is 626. The lowest BCUT2D eigenvalue weighted by Crippen LogP contribution is -2.36. The zero-order valence-corrected chi connectivity index (χ0v) is 10.8. The van der Waals surface area contributed by atoms with E-state index >= 15 is 0 Å². The minimum atomic E-state index is -1.54. The van der Waals surface area contributed by atoms with Gasteiger partial charge in [0.05, 0.1) is 5.54 Å². The zero-order chi connectivity index (χ0) is 14.2. The molecule has 0 bridgehead atoms. The molecule has 5 heteroatoms. The van der Waals surface area contributed by atoms with Gasteiger partial charge in [-0.25, -0.2) is 13.2 Å². The molecule has 19 heavy (non-hydrogen) atoms. The second kappa shape index (κ2) is 4.87. The van der Waals surface area contributed by atoms with Crippen LogP contribution in [-0.4, -0.2) is 0 Å². The van der Waals surface area contributed by atoms with Crippen molar-refractivity contribution < 1.29 is 13.2 Å². The maximum atomic E-state index is 13.8. The van der Waals surface area contributed by atoms with Gasteiger partial charge in [-0.05, 0) is 24.6 Å². The molecule has 0 radical (unpaired) electrons. The van der Waals surface area contributed by atoms with E-state index in [0.717, 1.165) is 12.1 Å². The molecule has 0 saturated heterocycles. The summed E-state index contributed by atoms with van der Waals surface area (Å²) in [5.41, 5.74) is 4.98. The van der Waals surface area contributed by atoms with Crippen molar-refractivity contribution >= 4 is 11.6 Å². The van der Waals surface area contributed by atoms with Gasteiger partial charge >= 0.3 is 0 Å². The van der Waals surface area contributed by atoms with Crippen molar-refractivity contribution in [2.24, 2.45) is 5.73 Å². The largest absolute Gasteiger partial charge is 0.318 e. The lowest BCUT2D eigenvalue weighted by atomic mass is 9.85. The Morgan fingerprint density at radius 3 is 2.21 bits per heavy atom. The maximum Gasteiger partial charge on any atom is 0.194 e. The summed E-state index contributed by atoms with van der Waals surface area (Å²) >= 11 is 6.01. The lowest BCUT2D eigenvalue weighted by Gasteiger charge is -2.27. The van der Waals surface area contributed by atoms with Crippen LogP contribution in [0.4, 0.5) is 13.2 Å². The van der Waals surface area contributed by atoms with E-state index in [1.54, 1.807) is 24.3 Å². The van der Waals surface area contributed by atoms with Crippen LogP contribution >= 0.6 is 11.6 Å². The van der Waals surface area contributed by atoms with E-state index in [9.17, 15) is 13.2 Å². The Kier molecular flexibility index (Phi) is 3.56. The molecule has 2 N–H and O–H groups in total. The summed E-state index contributed by atoms with van der Waals surface area (Å²) < 4.78 is 40.1. The van der Waals surface area contributed by atoms with Crippen molar-refractivity contribution in [2.75, 3.05) is 0 Å². The van der Waals surface area contributed by atoms with E-state index in [0.29, 0.717) is 10.6 Å². The fraction of sp³-hybridized carbons (Fsp3) is 0.143. The highest BCUT2D eigenvalue weighted by Gasteiger charge is 2.31. The van der Waals surface area contributed by atoms with Crippen LogP contribution in [-0.2, 0) is 5.54 Å². The molecule has 0 aromatic heterocycles. The molecule has 0 spiro atoms. The molecule has 1 atom stereocenters. The van der Waals surface area contributed by atoms with Gasteiger partial charge in [0, 0.05) is 10.6 Å². The maximum absolute atomic E-state index is 13.8. The first-order chi connectivity index (χ1) is 8.85. The number of hydrogen-bond acceptors (Lipinski definition) is 1. The van der Waals surface area contributed by atoms with Crippen molar-refractivity contribution in [1.82, 2.24) is 0 Å². The van der Waals surface area contributed by atoms with E-state index in [-0.39, 0.29) is 5.56 Å². The number of rotatable bonds is 2. The number of nitrogens with two attached hydrogens (primary N) is 1. The number of halogens is 4. The van der Waals surface area contributed by atoms with E-state index in [2.05, 4.69) is 0 Å². The van der Waals surface area contributed by atoms with Crippen molar-refractivity contribution in [3.05, 3.63) is 70.0 Å². The second-order valence-corrected chi connectivity index (χ2v) is 4.81. The third-order valence-electron chi connectivity index (χ3n) is 3.03. The highest BCUT2D eigenvalue weighted by molar-refractivity contribution is 6.31. The third-order valence-corrected chi connectivity index (χ3v) is 3.36. The molecule has 2 rings (SSSR count). The second-order valence-electron chi connectivity index (χ2n) is 4.41. The van der Waals surface area contributed by atoms with E-state index in [1.807, 2.05) is 0 Å². The smallest absolute Gasteiger partial charge is 0.194 e. The van der Waals surface area contributed by atoms with Crippen LogP contribution in [0.3, 0.4) is 0 Å². The average Bonchev–Trinajstić information content (AvgIpc) is 2.36. The van der Waals surface area contributed by atoms with Crippen LogP contribution in [0.1, 0.15) is 18.1 Å². The molecule has 0 heterocycles. The Hall–Kier alpha value is -1.52. The summed E-state index contributed by atoms with van der Waals surface area (Å²) in [6, 6.07) is 8.56. The Balaban J connectivity index is 2.64. The topological polar surface area (TPSA) is 26.0 Å². The Morgan fingerprint density at radius 1 is 0.947 bits per heavy atom. The van der Waals surface area contributed by atoms with Crippen LogP contribution < -0.4 is 5.73 Å². The first kappa shape index (κ1) is 13.9. The molecule has 0 amide bonds. The van der Waals surface area contributed by atoms with Gasteiger partial charge in [-0.2, -0.15) is 0 Å². The summed E-state index contributed by atoms with van der Waals surface area (Å²) in [4.78, 5) is 0. The van der Waals surface area contributed by atoms with Crippen LogP contribution in [0.5, 0.6) is 0 Å². The molecule has 0 aliphatic heterocycles. The highest BCUT2D eigenvalue weighted by Crippen LogP contribution is 2.34. The van der Waals surface area contributed by atoms with Gasteiger partial charge in [-0.15, -0.1) is 0 Å². The molecule has 100 valence electrons. The fourth-order valence-electron chi connectivity index (χ4n) is 1.95. The molecule has 2 aromatic carbocycles. The van der Waals surface area contributed by atoms with Gasteiger partial charge in [-0.3, -0.25) is 0 Å². The predicted molar refractivity (Wildman–Crippen MR) is 68.4 cm³/mol. The summed E-state index contributed by atoms with van der Waals surface area (Å²) in [6.45, 7) is 1.49. The molecule has 0 aliphatic carbocycles. The summed E-state index contributed by atoms with van der Waals surface area (Å²) in [5.74, 6) is -4.10. The number of hydrogen-bond donors (Lipinski definition) is 1. The third kappa shape index (κ3) is 2.33. The molecule has 0 saturated carbocycles. The summed E-state index contributed by atoms with van der Waals surface area (Å²) in [7, 11) is 0. The average molecular weight is 286 g/mol. The molecular weight excluding hydrogens is 275 g/mol. The first-order valence-corrected chi connectivity index (χ1v) is 5.91. The monoisotopic (exact) mass is 285 g/mol. The van der Waals surface area contributed by atoms with Crippen molar-refractivity contribution in [1.29, 1.82) is 0 Å². The summed E-state index contributed by atoms with van der Waals surface area (Å²) in [5, 5.41) is 0.330. The SMILES string of the molecule is CC(N)(c1ccccc1Cl)c1ccc(F)c(F)c1F. The van der Waals surface area contributed by atoms with Crippen LogP contribution in [0.25, 0.3) is 0 Å². The van der Waals surface area contributed by atoms with Crippen LogP contribution in [0.2, 0.25) is 5.02 Å². The summed E-state index contributed by atoms with van der Waals surface area (Å²) in [6.07, 6.45) is 0. The Morgan fingerprint density at radius 2 is 1.58 bits per heavy atom. The van der Waals surface area contributed by atoms with E-state index in [1.165, 1.54) is 6.92 Å². The van der Waals surface area contributed by atoms with Gasteiger partial charge in [0.15, 0.2) is 17.5 Å². The van der Waals surface area contributed by atoms with Crippen molar-refractivity contribution in [3.8, 4) is 0 Å². The van der Waals surface area contributed by atoms with Gasteiger partial charge in [0.1, 0.15) is 0 Å². The zero-order valence-electron chi connectivity index (χ0n) is 10.1. The molecule has 2 aromatic rings. The van der Waals surface area contributed by atoms with Crippen molar-refractivity contribution in [2.45, 2.75) is 12.5 Å². The quantitative estimate of drug-likeness (QED) is 0.830. The number of benzene rings is 2. The van der Waals surface area contributed by atoms with E-state index < -0.39 is 23.0 Å². The normalized spacial score (nSPS) is 14.2. The van der Waals surface area contributed by atoms with Crippen LogP contribution in [0, 0.1) is 17.5 Å². The Labute approximate surface area is 113 Å². The predicted octanol–water partition coefficient (Wildman–Crippen LogP) is 3.98. The van der Waals surface area contributed by atoms with Gasteiger partial charge in [-0.1, -0.05) is 35.9 Å². The lowest BCUT2D eigenvalue weighted by molar-refractivity contribution is 0.425. The van der Waals surface area contributed by atoms with E-state index in [4.69, 9.17) is 17.3 Å². The molecule has 0 fully saturated rings. The molecule has 0 aliphatic rings. The fourth-order valence-corrected chi connectivity index (χ4v) is 2.29. The standard InChI is InChI=1S/C14H11ClF3N/c1-14(19,8-4-2-3-5-10(8)15)9-6-7-11(16)13(18)12(9)17/h2-7H,19H2,1H3. The first-order valence-electron chi connectivity index (χ1n) is 5.53. The van der Waals surface area contributed by atoms with Gasteiger partial charge in [0.2, 0.25) is 0 Å².